The number of benzene rings is 9. The molecule has 0 N–H and O–H groups in total. The monoisotopic (exact) mass is 636 g/mol. The molecule has 0 aliphatic carbocycles. The van der Waals surface area contributed by atoms with Crippen LogP contribution in [-0.2, 0) is 0 Å². The number of hydrogen-bond acceptors (Lipinski definition) is 2. The number of para-hydroxylation sites is 1. The van der Waals surface area contributed by atoms with Crippen LogP contribution in [0.5, 0.6) is 0 Å². The third-order valence-electron chi connectivity index (χ3n) is 10.5. The molecule has 0 aliphatic heterocycles. The second kappa shape index (κ2) is 10.4. The molecule has 0 bridgehead atoms. The van der Waals surface area contributed by atoms with Gasteiger partial charge in [0.15, 0.2) is 0 Å². The van der Waals surface area contributed by atoms with Crippen molar-refractivity contribution in [3.8, 4) is 33.4 Å². The Balaban J connectivity index is 1.26. The minimum Gasteiger partial charge on any atom is -0.464 e. The molecule has 0 atom stereocenters. The van der Waals surface area contributed by atoms with Crippen LogP contribution in [0.25, 0.3) is 109 Å². The molecule has 2 heteroatoms. The third kappa shape index (κ3) is 3.90. The fourth-order valence-electron chi connectivity index (χ4n) is 8.27. The normalized spacial score (nSPS) is 12.0. The zero-order valence-electron chi connectivity index (χ0n) is 27.0. The summed E-state index contributed by atoms with van der Waals surface area (Å²) in [4.78, 5) is 0. The lowest BCUT2D eigenvalue weighted by Gasteiger charge is -2.19. The average Bonchev–Trinajstić information content (AvgIpc) is 3.81. The van der Waals surface area contributed by atoms with Crippen LogP contribution in [0.3, 0.4) is 0 Å². The Morgan fingerprint density at radius 2 is 0.940 bits per heavy atom. The molecule has 2 aromatic heterocycles. The molecular formula is C48H28O2. The molecule has 9 aromatic carbocycles. The van der Waals surface area contributed by atoms with E-state index in [2.05, 4.69) is 158 Å². The zero-order valence-corrected chi connectivity index (χ0v) is 27.0. The minimum atomic E-state index is 0.890. The van der Waals surface area contributed by atoms with Crippen molar-refractivity contribution in [1.82, 2.24) is 0 Å². The highest BCUT2D eigenvalue weighted by molar-refractivity contribution is 6.24. The first-order chi connectivity index (χ1) is 24.8. The molecule has 0 saturated carbocycles. The van der Waals surface area contributed by atoms with Gasteiger partial charge in [-0.2, -0.15) is 0 Å². The van der Waals surface area contributed by atoms with Crippen LogP contribution < -0.4 is 0 Å². The molecule has 232 valence electrons. The van der Waals surface area contributed by atoms with Crippen LogP contribution >= 0.6 is 0 Å². The van der Waals surface area contributed by atoms with Crippen LogP contribution in [0.4, 0.5) is 0 Å². The lowest BCUT2D eigenvalue weighted by Crippen LogP contribution is -1.92. The van der Waals surface area contributed by atoms with E-state index in [9.17, 15) is 0 Å². The summed E-state index contributed by atoms with van der Waals surface area (Å²) in [6.45, 7) is 0. The SMILES string of the molecule is c1ccc2c(-c3ccc4c(-c5cccc6ccoc56)c5ccccc5c(-c5ccc6c(c5)oc5c7ccccc7ccc65)c4c3)cccc2c1. The summed E-state index contributed by atoms with van der Waals surface area (Å²) in [7, 11) is 0. The van der Waals surface area contributed by atoms with Gasteiger partial charge in [-0.25, -0.2) is 0 Å². The van der Waals surface area contributed by atoms with Crippen LogP contribution in [0, 0.1) is 0 Å². The fourth-order valence-corrected chi connectivity index (χ4v) is 8.27. The van der Waals surface area contributed by atoms with E-state index in [0.29, 0.717) is 0 Å². The van der Waals surface area contributed by atoms with E-state index < -0.39 is 0 Å². The summed E-state index contributed by atoms with van der Waals surface area (Å²) in [6, 6.07) is 59.0. The molecule has 11 rings (SSSR count). The standard InChI is InChI=1S/C48H28O2/c1-3-13-34-29(9-1)11-7-17-35(34)32-20-23-40-43(27-32)45(38-15-5-6-16-39(38)46(40)42-18-8-12-31-25-26-49-47(31)42)33-21-22-37-41-24-19-30-10-2-4-14-36(30)48(41)50-44(37)28-33/h1-28H. The maximum absolute atomic E-state index is 6.71. The van der Waals surface area contributed by atoms with E-state index >= 15 is 0 Å². The lowest BCUT2D eigenvalue weighted by atomic mass is 9.84. The third-order valence-corrected chi connectivity index (χ3v) is 10.5. The summed E-state index contributed by atoms with van der Waals surface area (Å²) >= 11 is 0. The number of rotatable bonds is 3. The maximum Gasteiger partial charge on any atom is 0.143 e. The summed E-state index contributed by atoms with van der Waals surface area (Å²) in [5.41, 5.74) is 9.73. The largest absolute Gasteiger partial charge is 0.464 e. The van der Waals surface area contributed by atoms with E-state index in [0.717, 1.165) is 49.4 Å². The Bertz CT molecular complexity index is 3150. The Morgan fingerprint density at radius 1 is 0.320 bits per heavy atom. The van der Waals surface area contributed by atoms with Gasteiger partial charge < -0.3 is 8.83 Å². The first-order valence-electron chi connectivity index (χ1n) is 17.1. The van der Waals surface area contributed by atoms with Crippen LogP contribution in [-0.4, -0.2) is 0 Å². The van der Waals surface area contributed by atoms with E-state index in [4.69, 9.17) is 8.83 Å². The van der Waals surface area contributed by atoms with Crippen molar-refractivity contribution in [3.05, 3.63) is 170 Å². The number of furan rings is 2. The molecule has 2 nitrogen and oxygen atoms in total. The maximum atomic E-state index is 6.71. The molecule has 2 heterocycles. The van der Waals surface area contributed by atoms with E-state index in [1.807, 2.05) is 6.07 Å². The predicted molar refractivity (Wildman–Crippen MR) is 210 cm³/mol. The highest BCUT2D eigenvalue weighted by Crippen LogP contribution is 2.47. The van der Waals surface area contributed by atoms with Gasteiger partial charge in [-0.05, 0) is 90.3 Å². The highest BCUT2D eigenvalue weighted by atomic mass is 16.3. The Labute approximate surface area is 287 Å². The summed E-state index contributed by atoms with van der Waals surface area (Å²) in [5, 5.41) is 12.9. The quantitative estimate of drug-likeness (QED) is 0.180. The number of hydrogen-bond donors (Lipinski definition) is 0. The van der Waals surface area contributed by atoms with Crippen LogP contribution in [0.15, 0.2) is 179 Å². The van der Waals surface area contributed by atoms with Crippen molar-refractivity contribution in [2.75, 3.05) is 0 Å². The molecule has 0 radical (unpaired) electrons. The first kappa shape index (κ1) is 27.3. The average molecular weight is 637 g/mol. The van der Waals surface area contributed by atoms with Crippen molar-refractivity contribution < 1.29 is 8.83 Å². The predicted octanol–water partition coefficient (Wildman–Crippen LogP) is 13.9. The minimum absolute atomic E-state index is 0.890. The first-order valence-corrected chi connectivity index (χ1v) is 17.1. The van der Waals surface area contributed by atoms with Crippen LogP contribution in [0.2, 0.25) is 0 Å². The van der Waals surface area contributed by atoms with Gasteiger partial charge in [-0.15, -0.1) is 0 Å². The molecule has 11 aromatic rings. The van der Waals surface area contributed by atoms with Gasteiger partial charge >= 0.3 is 0 Å². The fraction of sp³-hybridized carbons (Fsp3) is 0. The molecule has 0 fully saturated rings. The van der Waals surface area contributed by atoms with Crippen LogP contribution in [0.1, 0.15) is 0 Å². The molecule has 0 unspecified atom stereocenters. The molecule has 0 saturated heterocycles. The molecule has 0 amide bonds. The molecular weight excluding hydrogens is 609 g/mol. The van der Waals surface area contributed by atoms with Gasteiger partial charge in [-0.1, -0.05) is 133 Å². The second-order valence-electron chi connectivity index (χ2n) is 13.2. The van der Waals surface area contributed by atoms with E-state index in [1.165, 1.54) is 60.0 Å². The van der Waals surface area contributed by atoms with Crippen molar-refractivity contribution in [2.45, 2.75) is 0 Å². The smallest absolute Gasteiger partial charge is 0.143 e. The van der Waals surface area contributed by atoms with Gasteiger partial charge in [0.2, 0.25) is 0 Å². The van der Waals surface area contributed by atoms with Crippen molar-refractivity contribution in [2.24, 2.45) is 0 Å². The Hall–Kier alpha value is -6.64. The molecule has 0 aliphatic rings. The Kier molecular flexibility index (Phi) is 5.70. The summed E-state index contributed by atoms with van der Waals surface area (Å²) < 4.78 is 12.9. The highest BCUT2D eigenvalue weighted by Gasteiger charge is 2.21. The summed E-state index contributed by atoms with van der Waals surface area (Å²) in [5.74, 6) is 0. The van der Waals surface area contributed by atoms with Gasteiger partial charge in [-0.3, -0.25) is 0 Å². The van der Waals surface area contributed by atoms with Gasteiger partial charge in [0.25, 0.3) is 0 Å². The molecule has 50 heavy (non-hydrogen) atoms. The number of fused-ring (bicyclic) bond motifs is 9. The Morgan fingerprint density at radius 3 is 1.80 bits per heavy atom. The van der Waals surface area contributed by atoms with E-state index in [1.54, 1.807) is 6.26 Å². The second-order valence-corrected chi connectivity index (χ2v) is 13.2. The summed E-state index contributed by atoms with van der Waals surface area (Å²) in [6.07, 6.45) is 1.79. The van der Waals surface area contributed by atoms with Crippen molar-refractivity contribution in [3.63, 3.8) is 0 Å². The van der Waals surface area contributed by atoms with Gasteiger partial charge in [0, 0.05) is 32.7 Å². The van der Waals surface area contributed by atoms with Gasteiger partial charge in [0.1, 0.15) is 16.7 Å². The van der Waals surface area contributed by atoms with E-state index in [-0.39, 0.29) is 0 Å². The van der Waals surface area contributed by atoms with Gasteiger partial charge in [0.05, 0.1) is 6.26 Å². The van der Waals surface area contributed by atoms with Crippen molar-refractivity contribution >= 4 is 76.0 Å². The lowest BCUT2D eigenvalue weighted by molar-refractivity contribution is 0.617. The van der Waals surface area contributed by atoms with Crippen molar-refractivity contribution in [1.29, 1.82) is 0 Å². The zero-order chi connectivity index (χ0) is 32.8. The molecule has 0 spiro atoms. The topological polar surface area (TPSA) is 26.3 Å².